The number of fused-ring (bicyclic) bond motifs is 1. The van der Waals surface area contributed by atoms with E-state index in [1.165, 1.54) is 10.8 Å². The van der Waals surface area contributed by atoms with E-state index in [1.54, 1.807) is 24.3 Å². The highest BCUT2D eigenvalue weighted by atomic mass is 32.1. The zero-order valence-electron chi connectivity index (χ0n) is 10.5. The standard InChI is InChI=1S/C15H13FN2S/c1-10-8-11(6-7-12(10)16)17-9-15-18-13-4-2-3-5-14(13)19-15/h2-8,17H,9H2,1H3. The molecule has 0 atom stereocenters. The highest BCUT2D eigenvalue weighted by Crippen LogP contribution is 2.22. The molecule has 3 rings (SSSR count). The molecule has 0 radical (unpaired) electrons. The molecule has 0 amide bonds. The Morgan fingerprint density at radius 2 is 2.05 bits per heavy atom. The fourth-order valence-electron chi connectivity index (χ4n) is 1.93. The number of hydrogen-bond acceptors (Lipinski definition) is 3. The van der Waals surface area contributed by atoms with E-state index in [2.05, 4.69) is 16.4 Å². The number of para-hydroxylation sites is 1. The van der Waals surface area contributed by atoms with Gasteiger partial charge in [-0.25, -0.2) is 9.37 Å². The van der Waals surface area contributed by atoms with E-state index >= 15 is 0 Å². The lowest BCUT2D eigenvalue weighted by Crippen LogP contribution is -1.99. The van der Waals surface area contributed by atoms with E-state index in [0.29, 0.717) is 12.1 Å². The van der Waals surface area contributed by atoms with Crippen LogP contribution in [0.3, 0.4) is 0 Å². The zero-order valence-corrected chi connectivity index (χ0v) is 11.3. The minimum absolute atomic E-state index is 0.175. The van der Waals surface area contributed by atoms with Gasteiger partial charge in [-0.15, -0.1) is 11.3 Å². The van der Waals surface area contributed by atoms with Crippen LogP contribution in [-0.2, 0) is 6.54 Å². The van der Waals surface area contributed by atoms with Gasteiger partial charge in [0.05, 0.1) is 16.8 Å². The maximum absolute atomic E-state index is 13.2. The van der Waals surface area contributed by atoms with Crippen LogP contribution in [0.15, 0.2) is 42.5 Å². The third kappa shape index (κ3) is 2.58. The van der Waals surface area contributed by atoms with Crippen LogP contribution in [0.5, 0.6) is 0 Å². The SMILES string of the molecule is Cc1cc(NCc2nc3ccccc3s2)ccc1F. The third-order valence-corrected chi connectivity index (χ3v) is 3.98. The predicted octanol–water partition coefficient (Wildman–Crippen LogP) is 4.36. The largest absolute Gasteiger partial charge is 0.379 e. The van der Waals surface area contributed by atoms with E-state index in [0.717, 1.165) is 16.2 Å². The minimum Gasteiger partial charge on any atom is -0.379 e. The van der Waals surface area contributed by atoms with Gasteiger partial charge >= 0.3 is 0 Å². The van der Waals surface area contributed by atoms with Crippen LogP contribution in [0.1, 0.15) is 10.6 Å². The van der Waals surface area contributed by atoms with E-state index in [9.17, 15) is 4.39 Å². The molecule has 0 bridgehead atoms. The molecule has 4 heteroatoms. The van der Waals surface area contributed by atoms with Crippen molar-refractivity contribution in [1.82, 2.24) is 4.98 Å². The zero-order chi connectivity index (χ0) is 13.2. The van der Waals surface area contributed by atoms with Crippen molar-refractivity contribution in [2.45, 2.75) is 13.5 Å². The lowest BCUT2D eigenvalue weighted by atomic mass is 10.2. The summed E-state index contributed by atoms with van der Waals surface area (Å²) in [5.74, 6) is -0.175. The Labute approximate surface area is 114 Å². The highest BCUT2D eigenvalue weighted by Gasteiger charge is 2.03. The lowest BCUT2D eigenvalue weighted by Gasteiger charge is -2.05. The molecule has 0 spiro atoms. The van der Waals surface area contributed by atoms with Gasteiger partial charge in [-0.05, 0) is 42.8 Å². The van der Waals surface area contributed by atoms with Crippen LogP contribution in [-0.4, -0.2) is 4.98 Å². The molecule has 0 aliphatic heterocycles. The fraction of sp³-hybridized carbons (Fsp3) is 0.133. The monoisotopic (exact) mass is 272 g/mol. The molecule has 1 aromatic heterocycles. The van der Waals surface area contributed by atoms with Gasteiger partial charge in [0.25, 0.3) is 0 Å². The van der Waals surface area contributed by atoms with Crippen LogP contribution < -0.4 is 5.32 Å². The molecule has 1 heterocycles. The molecular weight excluding hydrogens is 259 g/mol. The number of thiazole rings is 1. The molecule has 3 aromatic rings. The van der Waals surface area contributed by atoms with Gasteiger partial charge < -0.3 is 5.32 Å². The van der Waals surface area contributed by atoms with E-state index in [4.69, 9.17) is 0 Å². The second kappa shape index (κ2) is 4.97. The van der Waals surface area contributed by atoms with Crippen LogP contribution in [0.2, 0.25) is 0 Å². The smallest absolute Gasteiger partial charge is 0.126 e. The Kier molecular flexibility index (Phi) is 3.17. The first-order valence-electron chi connectivity index (χ1n) is 6.07. The van der Waals surface area contributed by atoms with Gasteiger partial charge in [-0.2, -0.15) is 0 Å². The summed E-state index contributed by atoms with van der Waals surface area (Å²) in [7, 11) is 0. The van der Waals surface area contributed by atoms with Gasteiger partial charge in [-0.3, -0.25) is 0 Å². The van der Waals surface area contributed by atoms with Crippen molar-refractivity contribution in [2.24, 2.45) is 0 Å². The number of nitrogens with one attached hydrogen (secondary N) is 1. The molecule has 0 fully saturated rings. The Morgan fingerprint density at radius 1 is 1.21 bits per heavy atom. The molecule has 96 valence electrons. The summed E-state index contributed by atoms with van der Waals surface area (Å²) in [5.41, 5.74) is 2.59. The molecule has 19 heavy (non-hydrogen) atoms. The van der Waals surface area contributed by atoms with Gasteiger partial charge in [-0.1, -0.05) is 12.1 Å². The van der Waals surface area contributed by atoms with Crippen molar-refractivity contribution in [3.63, 3.8) is 0 Å². The quantitative estimate of drug-likeness (QED) is 0.766. The summed E-state index contributed by atoms with van der Waals surface area (Å²) in [4.78, 5) is 4.55. The number of rotatable bonds is 3. The number of aryl methyl sites for hydroxylation is 1. The van der Waals surface area contributed by atoms with Gasteiger partial charge in [0.1, 0.15) is 10.8 Å². The van der Waals surface area contributed by atoms with Crippen molar-refractivity contribution in [2.75, 3.05) is 5.32 Å². The van der Waals surface area contributed by atoms with Gasteiger partial charge in [0, 0.05) is 5.69 Å². The third-order valence-electron chi connectivity index (χ3n) is 2.94. The summed E-state index contributed by atoms with van der Waals surface area (Å²) >= 11 is 1.68. The van der Waals surface area contributed by atoms with Gasteiger partial charge in [0.2, 0.25) is 0 Å². The average molecular weight is 272 g/mol. The second-order valence-corrected chi connectivity index (χ2v) is 5.51. The fourth-order valence-corrected chi connectivity index (χ4v) is 2.83. The highest BCUT2D eigenvalue weighted by molar-refractivity contribution is 7.18. The molecule has 0 saturated heterocycles. The van der Waals surface area contributed by atoms with Crippen molar-refractivity contribution >= 4 is 27.2 Å². The number of hydrogen-bond donors (Lipinski definition) is 1. The summed E-state index contributed by atoms with van der Waals surface area (Å²) in [6.07, 6.45) is 0. The molecule has 0 aliphatic rings. The lowest BCUT2D eigenvalue weighted by molar-refractivity contribution is 0.618. The van der Waals surface area contributed by atoms with Crippen molar-refractivity contribution in [1.29, 1.82) is 0 Å². The first kappa shape index (κ1) is 12.1. The average Bonchev–Trinajstić information content (AvgIpc) is 2.83. The first-order chi connectivity index (χ1) is 9.22. The number of anilines is 1. The summed E-state index contributed by atoms with van der Waals surface area (Å²) in [6, 6.07) is 13.1. The second-order valence-electron chi connectivity index (χ2n) is 4.39. The summed E-state index contributed by atoms with van der Waals surface area (Å²) in [5, 5.41) is 4.30. The van der Waals surface area contributed by atoms with Crippen LogP contribution in [0, 0.1) is 12.7 Å². The Bertz CT molecular complexity index is 688. The van der Waals surface area contributed by atoms with Crippen LogP contribution >= 0.6 is 11.3 Å². The summed E-state index contributed by atoms with van der Waals surface area (Å²) in [6.45, 7) is 2.42. The molecule has 2 nitrogen and oxygen atoms in total. The van der Waals surface area contributed by atoms with Crippen LogP contribution in [0.4, 0.5) is 10.1 Å². The maximum Gasteiger partial charge on any atom is 0.126 e. The molecule has 2 aromatic carbocycles. The molecule has 0 aliphatic carbocycles. The number of aromatic nitrogens is 1. The Hall–Kier alpha value is -1.94. The Morgan fingerprint density at radius 3 is 2.84 bits per heavy atom. The molecular formula is C15H13FN2S. The normalized spacial score (nSPS) is 10.8. The van der Waals surface area contributed by atoms with E-state index < -0.39 is 0 Å². The number of nitrogens with zero attached hydrogens (tertiary/aromatic N) is 1. The van der Waals surface area contributed by atoms with E-state index in [1.807, 2.05) is 24.3 Å². The van der Waals surface area contributed by atoms with E-state index in [-0.39, 0.29) is 5.82 Å². The van der Waals surface area contributed by atoms with Crippen LogP contribution in [0.25, 0.3) is 10.2 Å². The number of halogens is 1. The molecule has 0 unspecified atom stereocenters. The van der Waals surface area contributed by atoms with Crippen molar-refractivity contribution < 1.29 is 4.39 Å². The van der Waals surface area contributed by atoms with Crippen molar-refractivity contribution in [3.05, 3.63) is 58.9 Å². The predicted molar refractivity (Wildman–Crippen MR) is 78.1 cm³/mol. The maximum atomic E-state index is 13.2. The summed E-state index contributed by atoms with van der Waals surface area (Å²) < 4.78 is 14.4. The van der Waals surface area contributed by atoms with Crippen molar-refractivity contribution in [3.8, 4) is 0 Å². The minimum atomic E-state index is -0.175. The molecule has 1 N–H and O–H groups in total. The topological polar surface area (TPSA) is 24.9 Å². The molecule has 0 saturated carbocycles. The number of benzene rings is 2. The first-order valence-corrected chi connectivity index (χ1v) is 6.88. The van der Waals surface area contributed by atoms with Gasteiger partial charge in [0.15, 0.2) is 0 Å². The Balaban J connectivity index is 1.76.